The molecule has 2 fully saturated rings. The van der Waals surface area contributed by atoms with Crippen molar-refractivity contribution in [2.45, 2.75) is 102 Å². The van der Waals surface area contributed by atoms with Crippen molar-refractivity contribution in [1.82, 2.24) is 25.0 Å². The maximum Gasteiger partial charge on any atom is 0.417 e. The quantitative estimate of drug-likeness (QED) is 0.210. The van der Waals surface area contributed by atoms with Crippen LogP contribution in [-0.2, 0) is 16.3 Å². The number of hydrogen-bond acceptors (Lipinski definition) is 7. The van der Waals surface area contributed by atoms with Gasteiger partial charge in [-0.15, -0.1) is 0 Å². The number of pyridine rings is 1. The van der Waals surface area contributed by atoms with Gasteiger partial charge in [0.2, 0.25) is 11.8 Å². The van der Waals surface area contributed by atoms with Crippen molar-refractivity contribution < 1.29 is 41.7 Å². The highest BCUT2D eigenvalue weighted by Crippen LogP contribution is 2.41. The average molecular weight is 658 g/mol. The fraction of sp³-hybridized carbons (Fsp3) is 0.667. The molecule has 0 radical (unpaired) electrons. The molecule has 0 spiro atoms. The molecule has 45 heavy (non-hydrogen) atoms. The summed E-state index contributed by atoms with van der Waals surface area (Å²) in [6.45, 7) is 9.29. The number of carbonyl (C=O) groups is 2. The van der Waals surface area contributed by atoms with Crippen LogP contribution in [0.2, 0.25) is 25.7 Å². The number of amides is 2. The van der Waals surface area contributed by atoms with Crippen LogP contribution in [0.15, 0.2) is 18.3 Å². The molecule has 1 saturated carbocycles. The second-order valence-corrected chi connectivity index (χ2v) is 19.0. The summed E-state index contributed by atoms with van der Waals surface area (Å²) in [5, 5.41) is 17.3. The largest absolute Gasteiger partial charge is 0.481 e. The Morgan fingerprint density at radius 2 is 1.87 bits per heavy atom. The first-order valence-electron chi connectivity index (χ1n) is 15.3. The molecule has 4 rings (SSSR count). The van der Waals surface area contributed by atoms with Gasteiger partial charge < -0.3 is 24.8 Å². The van der Waals surface area contributed by atoms with Crippen molar-refractivity contribution in [3.63, 3.8) is 0 Å². The van der Waals surface area contributed by atoms with Crippen LogP contribution >= 0.6 is 0 Å². The minimum Gasteiger partial charge on any atom is -0.481 e. The zero-order valence-electron chi connectivity index (χ0n) is 26.4. The third-order valence-corrected chi connectivity index (χ3v) is 10.4. The smallest absolute Gasteiger partial charge is 0.417 e. The van der Waals surface area contributed by atoms with Gasteiger partial charge in [0.25, 0.3) is 5.91 Å². The van der Waals surface area contributed by atoms with E-state index in [-0.39, 0.29) is 61.1 Å². The van der Waals surface area contributed by atoms with E-state index in [0.29, 0.717) is 25.1 Å². The van der Waals surface area contributed by atoms with Crippen LogP contribution in [0.3, 0.4) is 0 Å². The summed E-state index contributed by atoms with van der Waals surface area (Å²) in [5.74, 6) is -1.47. The zero-order valence-corrected chi connectivity index (χ0v) is 27.4. The normalized spacial score (nSPS) is 24.4. The summed E-state index contributed by atoms with van der Waals surface area (Å²) in [5.41, 5.74) is -2.13. The molecule has 15 heteroatoms. The van der Waals surface area contributed by atoms with Gasteiger partial charge in [-0.05, 0) is 57.6 Å². The van der Waals surface area contributed by atoms with E-state index >= 15 is 0 Å². The van der Waals surface area contributed by atoms with Crippen molar-refractivity contribution in [1.29, 1.82) is 0 Å². The third kappa shape index (κ3) is 8.41. The molecule has 0 bridgehead atoms. The van der Waals surface area contributed by atoms with Crippen LogP contribution in [0.1, 0.15) is 55.9 Å². The maximum absolute atomic E-state index is 14.9. The minimum atomic E-state index is -4.70. The summed E-state index contributed by atoms with van der Waals surface area (Å²) in [7, 11) is 0.0638. The van der Waals surface area contributed by atoms with Gasteiger partial charge >= 0.3 is 6.18 Å². The Hall–Kier alpha value is -3.04. The maximum atomic E-state index is 14.9. The van der Waals surface area contributed by atoms with Crippen LogP contribution in [0, 0.1) is 11.7 Å². The number of nitrogens with zero attached hydrogens (tertiary/aromatic N) is 4. The van der Waals surface area contributed by atoms with Crippen molar-refractivity contribution in [3.8, 4) is 17.1 Å². The summed E-state index contributed by atoms with van der Waals surface area (Å²) in [4.78, 5) is 32.2. The summed E-state index contributed by atoms with van der Waals surface area (Å²) < 4.78 is 66.8. The van der Waals surface area contributed by atoms with E-state index < -0.39 is 50.5 Å². The van der Waals surface area contributed by atoms with Crippen LogP contribution < -0.4 is 10.1 Å². The lowest BCUT2D eigenvalue weighted by Gasteiger charge is -2.39. The van der Waals surface area contributed by atoms with Crippen LogP contribution in [0.5, 0.6) is 5.88 Å². The lowest BCUT2D eigenvalue weighted by atomic mass is 9.81. The lowest BCUT2D eigenvalue weighted by Crippen LogP contribution is -2.53. The number of halogens is 4. The predicted octanol–water partition coefficient (Wildman–Crippen LogP) is 5.00. The van der Waals surface area contributed by atoms with Gasteiger partial charge in [-0.1, -0.05) is 19.6 Å². The first kappa shape index (κ1) is 34.8. The average Bonchev–Trinajstić information content (AvgIpc) is 3.39. The number of piperidine rings is 1. The molecule has 2 atom stereocenters. The number of likely N-dealkylation sites (tertiary alicyclic amines) is 1. The lowest BCUT2D eigenvalue weighted by molar-refractivity contribution is -0.270. The molecule has 250 valence electrons. The Morgan fingerprint density at radius 3 is 2.47 bits per heavy atom. The van der Waals surface area contributed by atoms with Crippen LogP contribution in [0.4, 0.5) is 17.6 Å². The van der Waals surface area contributed by atoms with Gasteiger partial charge in [0, 0.05) is 50.9 Å². The second-order valence-electron chi connectivity index (χ2n) is 13.3. The third-order valence-electron chi connectivity index (χ3n) is 8.72. The van der Waals surface area contributed by atoms with E-state index in [1.807, 2.05) is 6.92 Å². The Bertz CT molecular complexity index is 1360. The number of rotatable bonds is 10. The summed E-state index contributed by atoms with van der Waals surface area (Å²) in [6, 6.07) is 3.09. The number of nitrogens with one attached hydrogen (secondary N) is 1. The standard InChI is InChI=1S/C30H43F4N5O5Si/c1-19-14-20(27(40)36-21-6-9-29(42,10-7-21)30(32,33)34)8-11-38(19)28(41)24-16-25(22-15-26(43-2)35-17-23(22)31)39(37-24)18-44-12-13-45(3,4)5/h15-17,19-21,42H,6-14,18H2,1-5H3,(H,36,40)/t19-,20?,21?,29?/m1/s1. The molecular formula is C30H43F4N5O5Si. The van der Waals surface area contributed by atoms with E-state index in [1.165, 1.54) is 23.9 Å². The molecule has 2 aliphatic rings. The number of alkyl halides is 3. The molecular weight excluding hydrogens is 614 g/mol. The number of hydrogen-bond donors (Lipinski definition) is 2. The van der Waals surface area contributed by atoms with Gasteiger partial charge in [0.05, 0.1) is 19.0 Å². The number of aromatic nitrogens is 3. The fourth-order valence-corrected chi connectivity index (χ4v) is 6.55. The van der Waals surface area contributed by atoms with Crippen LogP contribution in [-0.4, -0.2) is 88.8 Å². The van der Waals surface area contributed by atoms with E-state index in [1.54, 1.807) is 4.90 Å². The van der Waals surface area contributed by atoms with E-state index in [9.17, 15) is 32.3 Å². The molecule has 3 heterocycles. The van der Waals surface area contributed by atoms with Crippen molar-refractivity contribution in [2.75, 3.05) is 20.3 Å². The van der Waals surface area contributed by atoms with Gasteiger partial charge in [0.15, 0.2) is 17.1 Å². The molecule has 10 nitrogen and oxygen atoms in total. The summed E-state index contributed by atoms with van der Waals surface area (Å²) >= 11 is 0. The van der Waals surface area contributed by atoms with E-state index in [2.05, 4.69) is 35.0 Å². The van der Waals surface area contributed by atoms with Gasteiger partial charge in [-0.25, -0.2) is 14.1 Å². The highest BCUT2D eigenvalue weighted by molar-refractivity contribution is 6.76. The van der Waals surface area contributed by atoms with E-state index in [4.69, 9.17) is 9.47 Å². The summed E-state index contributed by atoms with van der Waals surface area (Å²) in [6.07, 6.45) is -3.78. The van der Waals surface area contributed by atoms with Crippen molar-refractivity contribution in [3.05, 3.63) is 29.8 Å². The molecule has 1 aliphatic carbocycles. The molecule has 1 unspecified atom stereocenters. The number of ether oxygens (including phenoxy) is 2. The molecule has 1 saturated heterocycles. The Balaban J connectivity index is 1.43. The molecule has 2 amide bonds. The van der Waals surface area contributed by atoms with Crippen molar-refractivity contribution in [2.24, 2.45) is 5.92 Å². The van der Waals surface area contributed by atoms with Crippen molar-refractivity contribution >= 4 is 19.9 Å². The van der Waals surface area contributed by atoms with Crippen LogP contribution in [0.25, 0.3) is 11.3 Å². The van der Waals surface area contributed by atoms with Gasteiger partial charge in [-0.2, -0.15) is 18.3 Å². The Labute approximate surface area is 261 Å². The number of carbonyl (C=O) groups excluding carboxylic acids is 2. The first-order chi connectivity index (χ1) is 21.0. The van der Waals surface area contributed by atoms with Gasteiger partial charge in [-0.3, -0.25) is 9.59 Å². The fourth-order valence-electron chi connectivity index (χ4n) is 5.79. The highest BCUT2D eigenvalue weighted by Gasteiger charge is 2.54. The molecule has 2 aromatic heterocycles. The topological polar surface area (TPSA) is 119 Å². The molecule has 2 aromatic rings. The SMILES string of the molecule is COc1cc(-c2cc(C(=O)N3CCC(C(=O)NC4CCC(O)(C(F)(F)F)CC4)C[C@H]3C)nn2COCC[Si](C)(C)C)c(F)cn1. The Morgan fingerprint density at radius 1 is 1.18 bits per heavy atom. The highest BCUT2D eigenvalue weighted by atomic mass is 28.3. The predicted molar refractivity (Wildman–Crippen MR) is 161 cm³/mol. The second kappa shape index (κ2) is 13.8. The molecule has 1 aliphatic heterocycles. The van der Waals surface area contributed by atoms with Gasteiger partial charge in [0.1, 0.15) is 6.73 Å². The number of aliphatic hydroxyl groups is 1. The zero-order chi connectivity index (χ0) is 33.2. The molecule has 2 N–H and O–H groups in total. The monoisotopic (exact) mass is 657 g/mol. The Kier molecular flexibility index (Phi) is 10.6. The number of methoxy groups -OCH3 is 1. The first-order valence-corrected chi connectivity index (χ1v) is 19.0. The van der Waals surface area contributed by atoms with E-state index in [0.717, 1.165) is 12.2 Å². The minimum absolute atomic E-state index is 0.0104. The molecule has 0 aromatic carbocycles.